The predicted octanol–water partition coefficient (Wildman–Crippen LogP) is -0.0411. The first-order valence-corrected chi connectivity index (χ1v) is 8.34. The lowest BCUT2D eigenvalue weighted by atomic mass is 10.2. The number of rotatable bonds is 6. The summed E-state index contributed by atoms with van der Waals surface area (Å²) < 4.78 is 26.6. The Morgan fingerprint density at radius 3 is 2.48 bits per heavy atom. The fourth-order valence-corrected chi connectivity index (χ4v) is 4.17. The second-order valence-corrected chi connectivity index (χ2v) is 7.03. The molecule has 0 aromatic carbocycles. The van der Waals surface area contributed by atoms with Crippen LogP contribution >= 0.6 is 0 Å². The summed E-state index contributed by atoms with van der Waals surface area (Å²) in [5, 5.41) is 0. The van der Waals surface area contributed by atoms with Gasteiger partial charge in [0, 0.05) is 18.8 Å². The summed E-state index contributed by atoms with van der Waals surface area (Å²) in [6, 6.07) is 2.87. The Hall–Kier alpha value is -1.51. The van der Waals surface area contributed by atoms with Crippen molar-refractivity contribution < 1.29 is 13.2 Å². The molecule has 1 saturated carbocycles. The van der Waals surface area contributed by atoms with Crippen LogP contribution in [-0.4, -0.2) is 36.2 Å². The van der Waals surface area contributed by atoms with Crippen LogP contribution in [0.5, 0.6) is 0 Å². The molecule has 0 saturated heterocycles. The largest absolute Gasteiger partial charge is 0.369 e. The maximum atomic E-state index is 12.7. The third kappa shape index (κ3) is 3.58. The van der Waals surface area contributed by atoms with Gasteiger partial charge in [-0.25, -0.2) is 8.42 Å². The van der Waals surface area contributed by atoms with Gasteiger partial charge in [-0.3, -0.25) is 9.78 Å². The highest BCUT2D eigenvalue weighted by molar-refractivity contribution is 7.89. The van der Waals surface area contributed by atoms with Gasteiger partial charge in [-0.2, -0.15) is 4.31 Å². The molecule has 1 amide bonds. The molecule has 0 bridgehead atoms. The number of nitrogens with zero attached hydrogens (tertiary/aromatic N) is 2. The maximum absolute atomic E-state index is 12.7. The van der Waals surface area contributed by atoms with Gasteiger partial charge in [0.05, 0.1) is 12.2 Å². The van der Waals surface area contributed by atoms with E-state index in [1.807, 2.05) is 0 Å². The molecule has 0 spiro atoms. The van der Waals surface area contributed by atoms with Crippen molar-refractivity contribution in [3.63, 3.8) is 0 Å². The number of amides is 1. The molecule has 1 aromatic heterocycles. The molecule has 1 aliphatic carbocycles. The van der Waals surface area contributed by atoms with Crippen molar-refractivity contribution in [2.45, 2.75) is 43.2 Å². The smallest absolute Gasteiger partial charge is 0.245 e. The first-order valence-electron chi connectivity index (χ1n) is 6.90. The third-order valence-electron chi connectivity index (χ3n) is 3.66. The van der Waals surface area contributed by atoms with Crippen molar-refractivity contribution in [3.8, 4) is 0 Å². The van der Waals surface area contributed by atoms with E-state index in [4.69, 9.17) is 11.5 Å². The van der Waals surface area contributed by atoms with Crippen molar-refractivity contribution in [3.05, 3.63) is 24.0 Å². The molecular formula is C13H20N4O3S. The average Bonchev–Trinajstić information content (AvgIpc) is 2.98. The number of nitrogens with two attached hydrogens (primary N) is 2. The number of pyridine rings is 1. The summed E-state index contributed by atoms with van der Waals surface area (Å²) in [6.07, 6.45) is 4.70. The Labute approximate surface area is 124 Å². The van der Waals surface area contributed by atoms with Crippen LogP contribution in [0.4, 0.5) is 0 Å². The van der Waals surface area contributed by atoms with E-state index in [9.17, 15) is 13.2 Å². The van der Waals surface area contributed by atoms with Crippen molar-refractivity contribution in [1.29, 1.82) is 0 Å². The van der Waals surface area contributed by atoms with Crippen LogP contribution < -0.4 is 11.5 Å². The minimum Gasteiger partial charge on any atom is -0.369 e. The summed E-state index contributed by atoms with van der Waals surface area (Å²) in [5.74, 6) is -0.656. The Bertz CT molecular complexity index is 594. The SMILES string of the molecule is NCc1ccc(S(=O)(=O)N(CC(N)=O)C2CCCC2)cn1. The fourth-order valence-electron chi connectivity index (χ4n) is 2.58. The zero-order valence-electron chi connectivity index (χ0n) is 11.7. The zero-order chi connectivity index (χ0) is 15.5. The molecule has 1 aliphatic rings. The van der Waals surface area contributed by atoms with E-state index in [1.165, 1.54) is 16.6 Å². The highest BCUT2D eigenvalue weighted by Gasteiger charge is 2.34. The molecule has 0 radical (unpaired) electrons. The molecule has 1 fully saturated rings. The molecule has 2 rings (SSSR count). The first kappa shape index (κ1) is 15.9. The number of hydrogen-bond acceptors (Lipinski definition) is 5. The minimum absolute atomic E-state index is 0.0628. The van der Waals surface area contributed by atoms with Gasteiger partial charge in [-0.1, -0.05) is 12.8 Å². The number of aromatic nitrogens is 1. The predicted molar refractivity (Wildman–Crippen MR) is 77.5 cm³/mol. The van der Waals surface area contributed by atoms with Crippen LogP contribution in [0, 0.1) is 0 Å². The summed E-state index contributed by atoms with van der Waals surface area (Å²) in [4.78, 5) is 15.3. The molecule has 1 aromatic rings. The minimum atomic E-state index is -3.78. The molecule has 116 valence electrons. The van der Waals surface area contributed by atoms with Crippen molar-refractivity contribution in [2.24, 2.45) is 11.5 Å². The molecule has 7 nitrogen and oxygen atoms in total. The van der Waals surface area contributed by atoms with E-state index < -0.39 is 15.9 Å². The van der Waals surface area contributed by atoms with Gasteiger partial charge in [0.1, 0.15) is 4.90 Å². The molecule has 4 N–H and O–H groups in total. The van der Waals surface area contributed by atoms with Crippen LogP contribution in [0.3, 0.4) is 0 Å². The lowest BCUT2D eigenvalue weighted by Crippen LogP contribution is -2.44. The summed E-state index contributed by atoms with van der Waals surface area (Å²) >= 11 is 0. The second kappa shape index (κ2) is 6.50. The van der Waals surface area contributed by atoms with Crippen molar-refractivity contribution >= 4 is 15.9 Å². The van der Waals surface area contributed by atoms with E-state index in [1.54, 1.807) is 6.07 Å². The van der Waals surface area contributed by atoms with Crippen LogP contribution in [-0.2, 0) is 21.4 Å². The van der Waals surface area contributed by atoms with Crippen LogP contribution in [0.2, 0.25) is 0 Å². The van der Waals surface area contributed by atoms with E-state index in [0.717, 1.165) is 25.7 Å². The van der Waals surface area contributed by atoms with Gasteiger partial charge in [0.25, 0.3) is 0 Å². The van der Waals surface area contributed by atoms with Gasteiger partial charge < -0.3 is 11.5 Å². The van der Waals surface area contributed by atoms with E-state index in [0.29, 0.717) is 5.69 Å². The summed E-state index contributed by atoms with van der Waals surface area (Å²) in [7, 11) is -3.78. The van der Waals surface area contributed by atoms with Crippen molar-refractivity contribution in [2.75, 3.05) is 6.54 Å². The molecule has 21 heavy (non-hydrogen) atoms. The molecule has 0 unspecified atom stereocenters. The van der Waals surface area contributed by atoms with E-state index >= 15 is 0 Å². The van der Waals surface area contributed by atoms with Crippen LogP contribution in [0.25, 0.3) is 0 Å². The number of hydrogen-bond donors (Lipinski definition) is 2. The van der Waals surface area contributed by atoms with E-state index in [-0.39, 0.29) is 24.0 Å². The standard InChI is InChI=1S/C13H20N4O3S/c14-7-10-5-6-12(8-16-10)21(19,20)17(9-13(15)18)11-3-1-2-4-11/h5-6,8,11H,1-4,7,9,14H2,(H2,15,18). The third-order valence-corrected chi connectivity index (χ3v) is 5.54. The molecule has 1 heterocycles. The summed E-state index contributed by atoms with van der Waals surface area (Å²) in [5.41, 5.74) is 11.3. The quantitative estimate of drug-likeness (QED) is 0.763. The van der Waals surface area contributed by atoms with Gasteiger partial charge >= 0.3 is 0 Å². The second-order valence-electron chi connectivity index (χ2n) is 5.14. The Morgan fingerprint density at radius 1 is 1.33 bits per heavy atom. The monoisotopic (exact) mass is 312 g/mol. The lowest BCUT2D eigenvalue weighted by Gasteiger charge is -2.26. The average molecular weight is 312 g/mol. The number of carbonyl (C=O) groups excluding carboxylic acids is 1. The highest BCUT2D eigenvalue weighted by Crippen LogP contribution is 2.28. The Balaban J connectivity index is 2.32. The number of sulfonamides is 1. The van der Waals surface area contributed by atoms with Crippen LogP contribution in [0.1, 0.15) is 31.4 Å². The highest BCUT2D eigenvalue weighted by atomic mass is 32.2. The van der Waals surface area contributed by atoms with Gasteiger partial charge in [0.15, 0.2) is 0 Å². The van der Waals surface area contributed by atoms with Gasteiger partial charge in [0.2, 0.25) is 15.9 Å². The van der Waals surface area contributed by atoms with Crippen molar-refractivity contribution in [1.82, 2.24) is 9.29 Å². The molecular weight excluding hydrogens is 292 g/mol. The number of primary amides is 1. The molecule has 0 aliphatic heterocycles. The van der Waals surface area contributed by atoms with Gasteiger partial charge in [-0.15, -0.1) is 0 Å². The van der Waals surface area contributed by atoms with E-state index in [2.05, 4.69) is 4.98 Å². The maximum Gasteiger partial charge on any atom is 0.245 e. The zero-order valence-corrected chi connectivity index (χ0v) is 12.6. The van der Waals surface area contributed by atoms with Gasteiger partial charge in [-0.05, 0) is 25.0 Å². The van der Waals surface area contributed by atoms with Crippen LogP contribution in [0.15, 0.2) is 23.2 Å². The summed E-state index contributed by atoms with van der Waals surface area (Å²) in [6.45, 7) is -0.0560. The first-order chi connectivity index (χ1) is 9.95. The Kier molecular flexibility index (Phi) is 4.92. The molecule has 0 atom stereocenters. The topological polar surface area (TPSA) is 119 Å². The Morgan fingerprint density at radius 2 is 2.00 bits per heavy atom. The number of carbonyl (C=O) groups is 1. The fraction of sp³-hybridized carbons (Fsp3) is 0.538. The lowest BCUT2D eigenvalue weighted by molar-refractivity contribution is -0.118. The normalized spacial score (nSPS) is 16.5. The molecule has 8 heteroatoms.